The van der Waals surface area contributed by atoms with Crippen molar-refractivity contribution in [3.8, 4) is 0 Å². The van der Waals surface area contributed by atoms with Crippen molar-refractivity contribution in [3.63, 3.8) is 0 Å². The maximum absolute atomic E-state index is 13.7. The summed E-state index contributed by atoms with van der Waals surface area (Å²) in [6.45, 7) is 0.874. The molecular weight excluding hydrogens is 231 g/mol. The number of ether oxygens (including phenoxy) is 1. The van der Waals surface area contributed by atoms with Crippen LogP contribution in [0, 0.1) is 5.82 Å². The average molecular weight is 252 g/mol. The number of aromatic nitrogens is 1. The van der Waals surface area contributed by atoms with Gasteiger partial charge in [-0.1, -0.05) is 0 Å². The standard InChI is InChI=1S/C14H21FN2O/c1-16-14(12-7-8-17-10-13(12)15)6-5-11-4-2-3-9-18-11/h7-8,10-11,14,16H,2-6,9H2,1H3. The largest absolute Gasteiger partial charge is 0.378 e. The van der Waals surface area contributed by atoms with Gasteiger partial charge in [-0.25, -0.2) is 4.39 Å². The summed E-state index contributed by atoms with van der Waals surface area (Å²) < 4.78 is 19.4. The van der Waals surface area contributed by atoms with Crippen LogP contribution in [0.2, 0.25) is 0 Å². The van der Waals surface area contributed by atoms with Gasteiger partial charge in [0.25, 0.3) is 0 Å². The maximum atomic E-state index is 13.7. The van der Waals surface area contributed by atoms with Gasteiger partial charge < -0.3 is 10.1 Å². The summed E-state index contributed by atoms with van der Waals surface area (Å²) in [5.41, 5.74) is 0.698. The average Bonchev–Trinajstić information content (AvgIpc) is 2.42. The molecule has 1 N–H and O–H groups in total. The predicted octanol–water partition coefficient (Wildman–Crippen LogP) is 2.83. The van der Waals surface area contributed by atoms with Crippen LogP contribution in [0.3, 0.4) is 0 Å². The van der Waals surface area contributed by atoms with Gasteiger partial charge in [0.2, 0.25) is 0 Å². The molecule has 2 atom stereocenters. The van der Waals surface area contributed by atoms with Crippen molar-refractivity contribution >= 4 is 0 Å². The Labute approximate surface area is 108 Å². The Morgan fingerprint density at radius 3 is 3.11 bits per heavy atom. The van der Waals surface area contributed by atoms with E-state index in [2.05, 4.69) is 10.3 Å². The third-order valence-corrected chi connectivity index (χ3v) is 3.58. The number of hydrogen-bond acceptors (Lipinski definition) is 3. The number of nitrogens with one attached hydrogen (secondary N) is 1. The smallest absolute Gasteiger partial charge is 0.146 e. The topological polar surface area (TPSA) is 34.1 Å². The Morgan fingerprint density at radius 2 is 2.44 bits per heavy atom. The van der Waals surface area contributed by atoms with Gasteiger partial charge in [0.05, 0.1) is 12.3 Å². The first kappa shape index (κ1) is 13.4. The van der Waals surface area contributed by atoms with Crippen molar-refractivity contribution in [3.05, 3.63) is 29.8 Å². The highest BCUT2D eigenvalue weighted by Crippen LogP contribution is 2.24. The molecule has 1 aromatic heterocycles. The molecular formula is C14H21FN2O. The molecule has 18 heavy (non-hydrogen) atoms. The van der Waals surface area contributed by atoms with Gasteiger partial charge in [-0.05, 0) is 45.2 Å². The third-order valence-electron chi connectivity index (χ3n) is 3.58. The second-order valence-corrected chi connectivity index (χ2v) is 4.80. The molecule has 0 aromatic carbocycles. The molecule has 2 rings (SSSR count). The van der Waals surface area contributed by atoms with Gasteiger partial charge in [0.15, 0.2) is 0 Å². The van der Waals surface area contributed by atoms with Crippen molar-refractivity contribution in [2.24, 2.45) is 0 Å². The summed E-state index contributed by atoms with van der Waals surface area (Å²) in [5.74, 6) is -0.235. The minimum absolute atomic E-state index is 0.0403. The molecule has 1 aliphatic heterocycles. The maximum Gasteiger partial charge on any atom is 0.146 e. The van der Waals surface area contributed by atoms with Gasteiger partial charge in [-0.3, -0.25) is 4.98 Å². The highest BCUT2D eigenvalue weighted by Gasteiger charge is 2.18. The zero-order valence-corrected chi connectivity index (χ0v) is 10.9. The van der Waals surface area contributed by atoms with Crippen LogP contribution in [0.15, 0.2) is 18.5 Å². The zero-order chi connectivity index (χ0) is 12.8. The van der Waals surface area contributed by atoms with E-state index in [4.69, 9.17) is 4.74 Å². The van der Waals surface area contributed by atoms with Gasteiger partial charge in [-0.2, -0.15) is 0 Å². The molecule has 0 radical (unpaired) electrons. The van der Waals surface area contributed by atoms with Crippen LogP contribution in [-0.2, 0) is 4.74 Å². The lowest BCUT2D eigenvalue weighted by Gasteiger charge is -2.25. The van der Waals surface area contributed by atoms with Crippen LogP contribution in [0.5, 0.6) is 0 Å². The normalized spacial score (nSPS) is 21.8. The SMILES string of the molecule is CNC(CCC1CCCCO1)c1ccncc1F. The molecule has 3 nitrogen and oxygen atoms in total. The Bertz CT molecular complexity index is 367. The summed E-state index contributed by atoms with van der Waals surface area (Å²) in [5, 5.41) is 3.18. The molecule has 1 saturated heterocycles. The van der Waals surface area contributed by atoms with Crippen LogP contribution in [-0.4, -0.2) is 24.7 Å². The van der Waals surface area contributed by atoms with Crippen molar-refractivity contribution in [2.45, 2.75) is 44.2 Å². The summed E-state index contributed by atoms with van der Waals surface area (Å²) >= 11 is 0. The fraction of sp³-hybridized carbons (Fsp3) is 0.643. The molecule has 0 bridgehead atoms. The van der Waals surface area contributed by atoms with Crippen LogP contribution < -0.4 is 5.32 Å². The van der Waals surface area contributed by atoms with Crippen LogP contribution >= 0.6 is 0 Å². The molecule has 2 heterocycles. The zero-order valence-electron chi connectivity index (χ0n) is 10.9. The van der Waals surface area contributed by atoms with Gasteiger partial charge in [-0.15, -0.1) is 0 Å². The Balaban J connectivity index is 1.91. The van der Waals surface area contributed by atoms with E-state index in [1.54, 1.807) is 12.3 Å². The molecule has 2 unspecified atom stereocenters. The predicted molar refractivity (Wildman–Crippen MR) is 68.8 cm³/mol. The summed E-state index contributed by atoms with van der Waals surface area (Å²) in [7, 11) is 1.87. The molecule has 1 aromatic rings. The molecule has 0 spiro atoms. The summed E-state index contributed by atoms with van der Waals surface area (Å²) in [6, 6.07) is 1.79. The van der Waals surface area contributed by atoms with Crippen molar-refractivity contribution in [2.75, 3.05) is 13.7 Å². The van der Waals surface area contributed by atoms with Crippen LogP contribution in [0.25, 0.3) is 0 Å². The second kappa shape index (κ2) is 6.81. The third kappa shape index (κ3) is 3.50. The quantitative estimate of drug-likeness (QED) is 0.875. The van der Waals surface area contributed by atoms with Crippen molar-refractivity contribution in [1.82, 2.24) is 10.3 Å². The molecule has 100 valence electrons. The summed E-state index contributed by atoms with van der Waals surface area (Å²) in [4.78, 5) is 3.78. The van der Waals surface area contributed by atoms with E-state index < -0.39 is 0 Å². The Kier molecular flexibility index (Phi) is 5.08. The Hall–Kier alpha value is -1.00. The first-order valence-corrected chi connectivity index (χ1v) is 6.69. The van der Waals surface area contributed by atoms with E-state index in [1.807, 2.05) is 7.05 Å². The van der Waals surface area contributed by atoms with Crippen molar-refractivity contribution in [1.29, 1.82) is 0 Å². The number of hydrogen-bond donors (Lipinski definition) is 1. The first-order valence-electron chi connectivity index (χ1n) is 6.69. The fourth-order valence-electron chi connectivity index (χ4n) is 2.51. The number of rotatable bonds is 5. The number of halogens is 1. The van der Waals surface area contributed by atoms with E-state index in [1.165, 1.54) is 19.0 Å². The van der Waals surface area contributed by atoms with E-state index in [9.17, 15) is 4.39 Å². The lowest BCUT2D eigenvalue weighted by atomic mass is 9.98. The minimum atomic E-state index is -0.235. The van der Waals surface area contributed by atoms with Gasteiger partial charge >= 0.3 is 0 Å². The van der Waals surface area contributed by atoms with E-state index >= 15 is 0 Å². The highest BCUT2D eigenvalue weighted by molar-refractivity contribution is 5.17. The number of pyridine rings is 1. The van der Waals surface area contributed by atoms with E-state index in [0.29, 0.717) is 11.7 Å². The fourth-order valence-corrected chi connectivity index (χ4v) is 2.51. The molecule has 0 saturated carbocycles. The van der Waals surface area contributed by atoms with Gasteiger partial charge in [0.1, 0.15) is 5.82 Å². The lowest BCUT2D eigenvalue weighted by Crippen LogP contribution is -2.23. The van der Waals surface area contributed by atoms with Gasteiger partial charge in [0, 0.05) is 24.4 Å². The van der Waals surface area contributed by atoms with Crippen LogP contribution in [0.1, 0.15) is 43.7 Å². The molecule has 0 aliphatic carbocycles. The number of nitrogens with zero attached hydrogens (tertiary/aromatic N) is 1. The second-order valence-electron chi connectivity index (χ2n) is 4.80. The van der Waals surface area contributed by atoms with E-state index in [-0.39, 0.29) is 11.9 Å². The molecule has 0 amide bonds. The van der Waals surface area contributed by atoms with Crippen LogP contribution in [0.4, 0.5) is 4.39 Å². The highest BCUT2D eigenvalue weighted by atomic mass is 19.1. The van der Waals surface area contributed by atoms with E-state index in [0.717, 1.165) is 25.9 Å². The molecule has 4 heteroatoms. The monoisotopic (exact) mass is 252 g/mol. The molecule has 1 aliphatic rings. The lowest BCUT2D eigenvalue weighted by molar-refractivity contribution is 0.00860. The Morgan fingerprint density at radius 1 is 1.56 bits per heavy atom. The minimum Gasteiger partial charge on any atom is -0.378 e. The molecule has 1 fully saturated rings. The first-order chi connectivity index (χ1) is 8.81. The summed E-state index contributed by atoms with van der Waals surface area (Å²) in [6.07, 6.45) is 8.68. The van der Waals surface area contributed by atoms with Crippen molar-refractivity contribution < 1.29 is 9.13 Å².